The Labute approximate surface area is 158 Å². The molecule has 0 unspecified atom stereocenters. The molecule has 1 heterocycles. The number of amides is 1. The second-order valence-electron chi connectivity index (χ2n) is 6.26. The fourth-order valence-corrected chi connectivity index (χ4v) is 3.73. The summed E-state index contributed by atoms with van der Waals surface area (Å²) in [5.41, 5.74) is 0.532. The summed E-state index contributed by atoms with van der Waals surface area (Å²) in [5, 5.41) is 4.12. The molecular formula is C19H27N3O3S. The molecule has 142 valence electrons. The summed E-state index contributed by atoms with van der Waals surface area (Å²) in [6, 6.07) is 7.28. The maximum Gasteiger partial charge on any atom is 0.262 e. The van der Waals surface area contributed by atoms with Gasteiger partial charge in [-0.3, -0.25) is 14.2 Å². The SMILES string of the molecule is CCC(CC)NC(=O)CSc1nc2ccccc2c(=O)n1[C@@H](C)COC. The number of hydrogen-bond acceptors (Lipinski definition) is 5. The van der Waals surface area contributed by atoms with E-state index in [1.165, 1.54) is 11.8 Å². The van der Waals surface area contributed by atoms with Crippen LogP contribution in [-0.4, -0.2) is 41.0 Å². The van der Waals surface area contributed by atoms with E-state index in [1.807, 2.05) is 25.1 Å². The Hall–Kier alpha value is -1.86. The van der Waals surface area contributed by atoms with Crippen molar-refractivity contribution < 1.29 is 9.53 Å². The molecule has 6 nitrogen and oxygen atoms in total. The zero-order chi connectivity index (χ0) is 19.1. The lowest BCUT2D eigenvalue weighted by Gasteiger charge is -2.19. The van der Waals surface area contributed by atoms with Crippen LogP contribution >= 0.6 is 11.8 Å². The van der Waals surface area contributed by atoms with Crippen molar-refractivity contribution in [3.05, 3.63) is 34.6 Å². The minimum Gasteiger partial charge on any atom is -0.383 e. The molecule has 1 amide bonds. The first kappa shape index (κ1) is 20.5. The molecular weight excluding hydrogens is 350 g/mol. The van der Waals surface area contributed by atoms with Crippen LogP contribution in [0.1, 0.15) is 39.7 Å². The van der Waals surface area contributed by atoms with Crippen molar-refractivity contribution in [3.8, 4) is 0 Å². The van der Waals surface area contributed by atoms with Crippen molar-refractivity contribution in [2.24, 2.45) is 0 Å². The van der Waals surface area contributed by atoms with Gasteiger partial charge in [0, 0.05) is 13.2 Å². The van der Waals surface area contributed by atoms with Gasteiger partial charge in [0.05, 0.1) is 29.3 Å². The molecule has 7 heteroatoms. The molecule has 1 atom stereocenters. The molecule has 1 aromatic heterocycles. The molecule has 0 fully saturated rings. The minimum absolute atomic E-state index is 0.0444. The van der Waals surface area contributed by atoms with Gasteiger partial charge in [-0.1, -0.05) is 37.7 Å². The van der Waals surface area contributed by atoms with Crippen LogP contribution in [0.4, 0.5) is 0 Å². The third-order valence-corrected chi connectivity index (χ3v) is 5.26. The molecule has 0 aliphatic heterocycles. The molecule has 0 aliphatic rings. The molecule has 1 N–H and O–H groups in total. The third kappa shape index (κ3) is 4.86. The summed E-state index contributed by atoms with van der Waals surface area (Å²) in [6.45, 7) is 6.41. The Morgan fingerprint density at radius 3 is 2.65 bits per heavy atom. The number of hydrogen-bond donors (Lipinski definition) is 1. The van der Waals surface area contributed by atoms with Crippen LogP contribution in [0.5, 0.6) is 0 Å². The topological polar surface area (TPSA) is 73.2 Å². The molecule has 0 spiro atoms. The Bertz CT molecular complexity index is 802. The smallest absolute Gasteiger partial charge is 0.262 e. The molecule has 26 heavy (non-hydrogen) atoms. The lowest BCUT2D eigenvalue weighted by molar-refractivity contribution is -0.119. The van der Waals surface area contributed by atoms with Gasteiger partial charge >= 0.3 is 0 Å². The van der Waals surface area contributed by atoms with Gasteiger partial charge in [0.25, 0.3) is 5.56 Å². The Morgan fingerprint density at radius 2 is 2.00 bits per heavy atom. The lowest BCUT2D eigenvalue weighted by Crippen LogP contribution is -2.35. The zero-order valence-electron chi connectivity index (χ0n) is 15.8. The molecule has 0 radical (unpaired) electrons. The van der Waals surface area contributed by atoms with Gasteiger partial charge in [-0.05, 0) is 31.9 Å². The number of methoxy groups -OCH3 is 1. The van der Waals surface area contributed by atoms with E-state index in [4.69, 9.17) is 4.74 Å². The van der Waals surface area contributed by atoms with Gasteiger partial charge < -0.3 is 10.1 Å². The number of nitrogens with one attached hydrogen (secondary N) is 1. The van der Waals surface area contributed by atoms with E-state index in [0.29, 0.717) is 22.7 Å². The maximum absolute atomic E-state index is 12.9. The Kier molecular flexibility index (Phi) is 7.66. The van der Waals surface area contributed by atoms with Crippen LogP contribution in [-0.2, 0) is 9.53 Å². The van der Waals surface area contributed by atoms with Gasteiger partial charge in [-0.15, -0.1) is 0 Å². The Balaban J connectivity index is 2.31. The van der Waals surface area contributed by atoms with Crippen molar-refractivity contribution in [1.29, 1.82) is 0 Å². The summed E-state index contributed by atoms with van der Waals surface area (Å²) >= 11 is 1.29. The number of fused-ring (bicyclic) bond motifs is 1. The first-order chi connectivity index (χ1) is 12.5. The van der Waals surface area contributed by atoms with E-state index >= 15 is 0 Å². The highest BCUT2D eigenvalue weighted by molar-refractivity contribution is 7.99. The standard InChI is InChI=1S/C19H27N3O3S/c1-5-14(6-2)20-17(23)12-26-19-21-16-10-8-7-9-15(16)18(24)22(19)13(3)11-25-4/h7-10,13-14H,5-6,11-12H2,1-4H3,(H,20,23)/t13-/m0/s1. The average molecular weight is 378 g/mol. The highest BCUT2D eigenvalue weighted by Gasteiger charge is 2.18. The summed E-state index contributed by atoms with van der Waals surface area (Å²) in [7, 11) is 1.60. The number of nitrogens with zero attached hydrogens (tertiary/aromatic N) is 2. The van der Waals surface area contributed by atoms with Crippen molar-refractivity contribution in [2.45, 2.75) is 50.9 Å². The average Bonchev–Trinajstić information content (AvgIpc) is 2.64. The quantitative estimate of drug-likeness (QED) is 0.537. The van der Waals surface area contributed by atoms with Crippen LogP contribution < -0.4 is 10.9 Å². The summed E-state index contributed by atoms with van der Waals surface area (Å²) in [5.74, 6) is 0.179. The summed E-state index contributed by atoms with van der Waals surface area (Å²) in [6.07, 6.45) is 1.80. The number of carbonyl (C=O) groups is 1. The number of ether oxygens (including phenoxy) is 1. The predicted molar refractivity (Wildman–Crippen MR) is 106 cm³/mol. The number of para-hydroxylation sites is 1. The molecule has 1 aromatic carbocycles. The highest BCUT2D eigenvalue weighted by Crippen LogP contribution is 2.21. The lowest BCUT2D eigenvalue weighted by atomic mass is 10.2. The molecule has 2 aromatic rings. The number of benzene rings is 1. The van der Waals surface area contributed by atoms with Gasteiger partial charge in [-0.2, -0.15) is 0 Å². The van der Waals surface area contributed by atoms with Crippen molar-refractivity contribution in [1.82, 2.24) is 14.9 Å². The summed E-state index contributed by atoms with van der Waals surface area (Å²) in [4.78, 5) is 29.8. The normalized spacial score (nSPS) is 12.5. The molecule has 0 saturated heterocycles. The predicted octanol–water partition coefficient (Wildman–Crippen LogP) is 3.00. The van der Waals surface area contributed by atoms with E-state index in [-0.39, 0.29) is 29.3 Å². The molecule has 2 rings (SSSR count). The van der Waals surface area contributed by atoms with Crippen LogP contribution in [0.15, 0.2) is 34.2 Å². The van der Waals surface area contributed by atoms with Gasteiger partial charge in [0.1, 0.15) is 0 Å². The molecule has 0 saturated carbocycles. The zero-order valence-corrected chi connectivity index (χ0v) is 16.6. The van der Waals surface area contributed by atoms with E-state index in [1.54, 1.807) is 17.7 Å². The minimum atomic E-state index is -0.172. The fourth-order valence-electron chi connectivity index (χ4n) is 2.82. The maximum atomic E-state index is 12.9. The van der Waals surface area contributed by atoms with E-state index in [9.17, 15) is 9.59 Å². The Morgan fingerprint density at radius 1 is 1.31 bits per heavy atom. The van der Waals surface area contributed by atoms with Crippen LogP contribution in [0.3, 0.4) is 0 Å². The monoisotopic (exact) mass is 377 g/mol. The van der Waals surface area contributed by atoms with Gasteiger partial charge in [0.15, 0.2) is 5.16 Å². The third-order valence-electron chi connectivity index (χ3n) is 4.31. The number of thioether (sulfide) groups is 1. The van der Waals surface area contributed by atoms with E-state index in [2.05, 4.69) is 24.1 Å². The van der Waals surface area contributed by atoms with Crippen molar-refractivity contribution in [2.75, 3.05) is 19.5 Å². The van der Waals surface area contributed by atoms with Gasteiger partial charge in [0.2, 0.25) is 5.91 Å². The molecule has 0 aliphatic carbocycles. The number of aromatic nitrogens is 2. The molecule has 0 bridgehead atoms. The number of carbonyl (C=O) groups excluding carboxylic acids is 1. The summed E-state index contributed by atoms with van der Waals surface area (Å²) < 4.78 is 6.84. The first-order valence-corrected chi connectivity index (χ1v) is 9.92. The van der Waals surface area contributed by atoms with Crippen LogP contribution in [0, 0.1) is 0 Å². The highest BCUT2D eigenvalue weighted by atomic mass is 32.2. The van der Waals surface area contributed by atoms with E-state index < -0.39 is 0 Å². The first-order valence-electron chi connectivity index (χ1n) is 8.94. The number of rotatable bonds is 9. The second kappa shape index (κ2) is 9.73. The largest absolute Gasteiger partial charge is 0.383 e. The van der Waals surface area contributed by atoms with Crippen molar-refractivity contribution >= 4 is 28.6 Å². The van der Waals surface area contributed by atoms with Crippen LogP contribution in [0.2, 0.25) is 0 Å². The van der Waals surface area contributed by atoms with E-state index in [0.717, 1.165) is 12.8 Å². The van der Waals surface area contributed by atoms with Crippen LogP contribution in [0.25, 0.3) is 10.9 Å². The fraction of sp³-hybridized carbons (Fsp3) is 0.526. The second-order valence-corrected chi connectivity index (χ2v) is 7.20. The van der Waals surface area contributed by atoms with Crippen molar-refractivity contribution in [3.63, 3.8) is 0 Å². The van der Waals surface area contributed by atoms with Gasteiger partial charge in [-0.25, -0.2) is 4.98 Å².